The zero-order valence-electron chi connectivity index (χ0n) is 34.5. The zero-order chi connectivity index (χ0) is 44.1. The van der Waals surface area contributed by atoms with Crippen molar-refractivity contribution < 1.29 is 81.9 Å². The first-order valence-electron chi connectivity index (χ1n) is 19.8. The van der Waals surface area contributed by atoms with Gasteiger partial charge in [-0.2, -0.15) is 0 Å². The summed E-state index contributed by atoms with van der Waals surface area (Å²) in [5, 5.41) is 30.9. The summed E-state index contributed by atoms with van der Waals surface area (Å²) in [7, 11) is 5.82. The number of carbonyl (C=O) groups is 4. The second-order valence-electron chi connectivity index (χ2n) is 15.1. The second-order valence-corrected chi connectivity index (χ2v) is 15.1. The normalized spacial score (nSPS) is 23.3. The molecule has 3 amide bonds. The summed E-state index contributed by atoms with van der Waals surface area (Å²) >= 11 is 0. The van der Waals surface area contributed by atoms with E-state index in [-0.39, 0.29) is 63.4 Å². The minimum absolute atomic E-state index is 0.00370. The first kappa shape index (κ1) is 44.0. The van der Waals surface area contributed by atoms with Crippen molar-refractivity contribution in [1.82, 2.24) is 9.80 Å². The molecule has 0 saturated carbocycles. The number of rotatable bonds is 15. The Hall–Kier alpha value is -6.06. The number of methoxy groups -OCH3 is 2. The van der Waals surface area contributed by atoms with Crippen LogP contribution in [-0.2, 0) is 35.1 Å². The van der Waals surface area contributed by atoms with Crippen LogP contribution in [0, 0.1) is 11.8 Å². The predicted molar refractivity (Wildman–Crippen MR) is 212 cm³/mol. The number of carboxylic acid groups (broad SMARTS) is 1. The molecule has 4 N–H and O–H groups in total. The molecule has 7 atom stereocenters. The Morgan fingerprint density at radius 2 is 1.55 bits per heavy atom. The molecule has 3 aromatic carbocycles. The van der Waals surface area contributed by atoms with Gasteiger partial charge in [0, 0.05) is 57.5 Å². The number of hydrogen-bond acceptors (Lipinski definition) is 16. The van der Waals surface area contributed by atoms with E-state index in [4.69, 9.17) is 52.5 Å². The molecule has 3 aromatic rings. The lowest BCUT2D eigenvalue weighted by Crippen LogP contribution is -2.43. The van der Waals surface area contributed by atoms with Crippen LogP contribution in [0.25, 0.3) is 0 Å². The third-order valence-electron chi connectivity index (χ3n) is 11.1. The number of esters is 1. The highest BCUT2D eigenvalue weighted by Crippen LogP contribution is 2.57. The van der Waals surface area contributed by atoms with Crippen molar-refractivity contribution in [2.75, 3.05) is 73.5 Å². The van der Waals surface area contributed by atoms with E-state index < -0.39 is 73.4 Å². The van der Waals surface area contributed by atoms with Crippen molar-refractivity contribution >= 4 is 29.9 Å². The second kappa shape index (κ2) is 19.3. The maximum absolute atomic E-state index is 13.8. The van der Waals surface area contributed by atoms with Gasteiger partial charge >= 0.3 is 24.2 Å². The van der Waals surface area contributed by atoms with Crippen LogP contribution >= 0.6 is 0 Å². The highest BCUT2D eigenvalue weighted by atomic mass is 16.7. The lowest BCUT2D eigenvalue weighted by molar-refractivity contribution is -0.254. The van der Waals surface area contributed by atoms with Crippen molar-refractivity contribution in [2.45, 2.75) is 50.0 Å². The van der Waals surface area contributed by atoms with Crippen LogP contribution in [0.5, 0.6) is 28.7 Å². The molecule has 3 aliphatic heterocycles. The van der Waals surface area contributed by atoms with Gasteiger partial charge < -0.3 is 72.5 Å². The van der Waals surface area contributed by atoms with E-state index in [1.54, 1.807) is 36.4 Å². The Labute approximate surface area is 356 Å². The monoisotopic (exact) mass is 867 g/mol. The van der Waals surface area contributed by atoms with Crippen molar-refractivity contribution in [3.63, 3.8) is 0 Å². The molecule has 62 heavy (non-hydrogen) atoms. The number of ether oxygens (including phenoxy) is 10. The van der Waals surface area contributed by atoms with Crippen LogP contribution in [-0.4, -0.2) is 136 Å². The summed E-state index contributed by atoms with van der Waals surface area (Å²) in [5.74, 6) is -1.17. The fourth-order valence-electron chi connectivity index (χ4n) is 8.07. The molecule has 20 nitrogen and oxygen atoms in total. The smallest absolute Gasteiger partial charge is 0.415 e. The minimum atomic E-state index is -1.19. The highest BCUT2D eigenvalue weighted by Gasteiger charge is 2.54. The van der Waals surface area contributed by atoms with Gasteiger partial charge in [0.05, 0.1) is 51.7 Å². The van der Waals surface area contributed by atoms with Gasteiger partial charge in [-0.3, -0.25) is 10.1 Å². The Morgan fingerprint density at radius 1 is 0.887 bits per heavy atom. The average Bonchev–Trinajstić information content (AvgIpc) is 3.89. The van der Waals surface area contributed by atoms with Crippen LogP contribution in [0.15, 0.2) is 48.5 Å². The molecule has 2 saturated heterocycles. The Morgan fingerprint density at radius 3 is 2.19 bits per heavy atom. The standard InChI is InChI=1S/C42H49N3O17/c1-44(41(51)57-17-22-5-7-24(8-6-22)43-40(49)50)9-10-45(2)42(52)62-38-32(53-3)11-23(12-33(38)54-4)35-27-15-30-31(59-21-58-30)16-28(27)37(29-19-56-39(48)36(29)35)61-34-14-25(47)13-26(60-34)18-55-20-46/h5-8,11-12,15-16,25-26,29,34-37,43,46-47H,9-10,13-14,17-21H2,1-4H3,(H,49,50). The molecule has 2 fully saturated rings. The summed E-state index contributed by atoms with van der Waals surface area (Å²) in [5.41, 5.74) is 2.97. The molecule has 1 aliphatic carbocycles. The minimum Gasteiger partial charge on any atom is -0.493 e. The van der Waals surface area contributed by atoms with Gasteiger partial charge in [0.2, 0.25) is 12.5 Å². The number of anilines is 1. The first-order valence-corrected chi connectivity index (χ1v) is 19.8. The third-order valence-corrected chi connectivity index (χ3v) is 11.1. The number of aliphatic hydroxyl groups excluding tert-OH is 2. The van der Waals surface area contributed by atoms with Gasteiger partial charge in [-0.1, -0.05) is 12.1 Å². The molecule has 0 spiro atoms. The predicted octanol–water partition coefficient (Wildman–Crippen LogP) is 4.05. The molecule has 0 aromatic heterocycles. The maximum Gasteiger partial charge on any atom is 0.415 e. The van der Waals surface area contributed by atoms with Crippen LogP contribution in [0.3, 0.4) is 0 Å². The lowest BCUT2D eigenvalue weighted by atomic mass is 9.66. The zero-order valence-corrected chi connectivity index (χ0v) is 34.5. The topological polar surface area (TPSA) is 240 Å². The molecule has 7 rings (SSSR count). The Kier molecular flexibility index (Phi) is 13.7. The molecule has 20 heteroatoms. The molecule has 0 radical (unpaired) electrons. The number of benzene rings is 3. The lowest BCUT2D eigenvalue weighted by Gasteiger charge is -2.42. The van der Waals surface area contributed by atoms with E-state index in [1.807, 2.05) is 12.1 Å². The van der Waals surface area contributed by atoms with Gasteiger partial charge in [0.15, 0.2) is 29.3 Å². The number of nitrogens with one attached hydrogen (secondary N) is 1. The van der Waals surface area contributed by atoms with Gasteiger partial charge in [0.25, 0.3) is 0 Å². The molecule has 3 heterocycles. The molecule has 7 unspecified atom stereocenters. The van der Waals surface area contributed by atoms with E-state index in [9.17, 15) is 29.4 Å². The number of fused-ring (bicyclic) bond motifs is 3. The van der Waals surface area contributed by atoms with E-state index >= 15 is 0 Å². The summed E-state index contributed by atoms with van der Waals surface area (Å²) in [4.78, 5) is 53.3. The summed E-state index contributed by atoms with van der Waals surface area (Å²) in [6.07, 6.45) is -5.03. The van der Waals surface area contributed by atoms with Crippen LogP contribution in [0.4, 0.5) is 20.1 Å². The maximum atomic E-state index is 13.8. The third kappa shape index (κ3) is 9.68. The molecule has 334 valence electrons. The fourth-order valence-corrected chi connectivity index (χ4v) is 8.07. The number of hydrogen-bond donors (Lipinski definition) is 4. The number of carbonyl (C=O) groups excluding carboxylic acids is 3. The van der Waals surface area contributed by atoms with Crippen LogP contribution in [0.1, 0.15) is 47.1 Å². The van der Waals surface area contributed by atoms with Crippen LogP contribution in [0.2, 0.25) is 0 Å². The fraction of sp³-hybridized carbons (Fsp3) is 0.476. The van der Waals surface area contributed by atoms with E-state index in [0.717, 1.165) is 0 Å². The number of cyclic esters (lactones) is 1. The molecule has 4 aliphatic rings. The SMILES string of the molecule is COc1cc(C2c3cc4c(cc3C(OC3CC(O)CC(COCO)O3)C3COC(=O)C23)OCO4)cc(OC)c1OC(=O)N(C)CCN(C)C(=O)OCc1ccc(NC(=O)O)cc1. The summed E-state index contributed by atoms with van der Waals surface area (Å²) in [6.45, 7) is -0.310. The number of nitrogens with zero attached hydrogens (tertiary/aromatic N) is 2. The highest BCUT2D eigenvalue weighted by molar-refractivity contribution is 5.83. The van der Waals surface area contributed by atoms with Gasteiger partial charge in [-0.05, 0) is 58.7 Å². The number of likely N-dealkylation sites (N-methyl/N-ethyl adjacent to an activating group) is 2. The quantitative estimate of drug-likeness (QED) is 0.124. The van der Waals surface area contributed by atoms with E-state index in [1.165, 1.54) is 38.1 Å². The van der Waals surface area contributed by atoms with Crippen molar-refractivity contribution in [3.8, 4) is 28.7 Å². The van der Waals surface area contributed by atoms with Gasteiger partial charge in [-0.25, -0.2) is 14.4 Å². The van der Waals surface area contributed by atoms with Crippen molar-refractivity contribution in [3.05, 3.63) is 70.8 Å². The summed E-state index contributed by atoms with van der Waals surface area (Å²) in [6, 6.07) is 13.3. The molecule has 0 bridgehead atoms. The van der Waals surface area contributed by atoms with Gasteiger partial charge in [0.1, 0.15) is 13.4 Å². The van der Waals surface area contributed by atoms with Crippen molar-refractivity contribution in [2.24, 2.45) is 11.8 Å². The molecular weight excluding hydrogens is 818 g/mol. The Balaban J connectivity index is 1.08. The molecular formula is C42H49N3O17. The van der Waals surface area contributed by atoms with Crippen molar-refractivity contribution in [1.29, 1.82) is 0 Å². The number of aliphatic hydroxyl groups is 2. The number of amides is 3. The van der Waals surface area contributed by atoms with E-state index in [2.05, 4.69) is 5.32 Å². The van der Waals surface area contributed by atoms with Crippen LogP contribution < -0.4 is 29.0 Å². The largest absolute Gasteiger partial charge is 0.493 e. The van der Waals surface area contributed by atoms with Gasteiger partial charge in [-0.15, -0.1) is 0 Å². The Bertz CT molecular complexity index is 2090. The average molecular weight is 868 g/mol. The first-order chi connectivity index (χ1) is 29.9. The summed E-state index contributed by atoms with van der Waals surface area (Å²) < 4.78 is 57.9. The van der Waals surface area contributed by atoms with E-state index in [0.29, 0.717) is 45.9 Å².